The predicted molar refractivity (Wildman–Crippen MR) is 112 cm³/mol. The van der Waals surface area contributed by atoms with Crippen LogP contribution in [0, 0.1) is 5.92 Å². The van der Waals surface area contributed by atoms with Gasteiger partial charge in [-0.05, 0) is 30.2 Å². The summed E-state index contributed by atoms with van der Waals surface area (Å²) in [6.07, 6.45) is 0.754. The van der Waals surface area contributed by atoms with E-state index in [1.165, 1.54) is 4.90 Å². The summed E-state index contributed by atoms with van der Waals surface area (Å²) < 4.78 is 5.13. The Bertz CT molecular complexity index is 948. The minimum absolute atomic E-state index is 0.0119. The molecule has 29 heavy (non-hydrogen) atoms. The summed E-state index contributed by atoms with van der Waals surface area (Å²) in [6.45, 7) is 1.69. The molecule has 0 bridgehead atoms. The molecule has 1 aliphatic rings. The fraction of sp³-hybridized carbons (Fsp3) is 0.286. The lowest BCUT2D eigenvalue weighted by atomic mass is 10.1. The molecule has 1 aliphatic heterocycles. The number of hydrogen-bond acceptors (Lipinski definition) is 4. The molecule has 2 aromatic rings. The molecule has 0 radical (unpaired) electrons. The Labute approximate surface area is 178 Å². The van der Waals surface area contributed by atoms with E-state index in [9.17, 15) is 14.4 Å². The highest BCUT2D eigenvalue weighted by Crippen LogP contribution is 2.35. The Morgan fingerprint density at radius 2 is 1.93 bits per heavy atom. The number of ether oxygens (including phenoxy) is 1. The minimum Gasteiger partial charge on any atom is -0.455 e. The van der Waals surface area contributed by atoms with Gasteiger partial charge >= 0.3 is 5.97 Å². The van der Waals surface area contributed by atoms with Crippen molar-refractivity contribution in [3.63, 3.8) is 0 Å². The van der Waals surface area contributed by atoms with Gasteiger partial charge in [0.2, 0.25) is 5.91 Å². The van der Waals surface area contributed by atoms with E-state index in [0.717, 1.165) is 12.0 Å². The zero-order valence-corrected chi connectivity index (χ0v) is 17.3. The lowest BCUT2D eigenvalue weighted by molar-refractivity contribution is -0.151. The number of carbonyl (C=O) groups is 3. The molecule has 1 saturated heterocycles. The number of halogens is 2. The maximum absolute atomic E-state index is 12.4. The summed E-state index contributed by atoms with van der Waals surface area (Å²) in [5.41, 5.74) is 2.13. The fourth-order valence-corrected chi connectivity index (χ4v) is 3.59. The molecule has 1 N–H and O–H groups in total. The van der Waals surface area contributed by atoms with Gasteiger partial charge in [0.15, 0.2) is 6.61 Å². The van der Waals surface area contributed by atoms with Crippen molar-refractivity contribution in [1.29, 1.82) is 0 Å². The molecular formula is C21H20Cl2N2O4. The highest BCUT2D eigenvalue weighted by molar-refractivity contribution is 6.44. The summed E-state index contributed by atoms with van der Waals surface area (Å²) in [5, 5.41) is 3.32. The Morgan fingerprint density at radius 3 is 2.69 bits per heavy atom. The van der Waals surface area contributed by atoms with Crippen molar-refractivity contribution in [3.05, 3.63) is 58.1 Å². The van der Waals surface area contributed by atoms with Gasteiger partial charge in [0.05, 0.1) is 21.7 Å². The fourth-order valence-electron chi connectivity index (χ4n) is 3.19. The number of carbonyl (C=O) groups excluding carboxylic acids is 3. The van der Waals surface area contributed by atoms with E-state index in [4.69, 9.17) is 27.9 Å². The van der Waals surface area contributed by atoms with Gasteiger partial charge in [-0.1, -0.05) is 54.4 Å². The van der Waals surface area contributed by atoms with Gasteiger partial charge in [-0.2, -0.15) is 0 Å². The molecule has 0 saturated carbocycles. The van der Waals surface area contributed by atoms with Crippen LogP contribution >= 0.6 is 23.2 Å². The van der Waals surface area contributed by atoms with Gasteiger partial charge in [-0.25, -0.2) is 0 Å². The molecule has 8 heteroatoms. The van der Waals surface area contributed by atoms with Crippen LogP contribution in [0.3, 0.4) is 0 Å². The number of nitrogens with zero attached hydrogens (tertiary/aromatic N) is 1. The van der Waals surface area contributed by atoms with E-state index < -0.39 is 24.4 Å². The van der Waals surface area contributed by atoms with E-state index in [1.807, 2.05) is 25.1 Å². The molecule has 1 fully saturated rings. The molecular weight excluding hydrogens is 415 g/mol. The third-order valence-corrected chi connectivity index (χ3v) is 5.51. The van der Waals surface area contributed by atoms with Gasteiger partial charge in [0.25, 0.3) is 5.91 Å². The van der Waals surface area contributed by atoms with Crippen molar-refractivity contribution in [2.45, 2.75) is 19.8 Å². The number of hydrogen-bond donors (Lipinski definition) is 1. The Balaban J connectivity index is 1.57. The summed E-state index contributed by atoms with van der Waals surface area (Å²) in [5.74, 6) is -1.96. The van der Waals surface area contributed by atoms with E-state index >= 15 is 0 Å². The number of para-hydroxylation sites is 1. The second-order valence-electron chi connectivity index (χ2n) is 6.64. The monoisotopic (exact) mass is 434 g/mol. The van der Waals surface area contributed by atoms with Gasteiger partial charge < -0.3 is 15.0 Å². The summed E-state index contributed by atoms with van der Waals surface area (Å²) in [6, 6.07) is 12.4. The van der Waals surface area contributed by atoms with Gasteiger partial charge in [0.1, 0.15) is 0 Å². The van der Waals surface area contributed by atoms with Crippen molar-refractivity contribution < 1.29 is 19.1 Å². The Kier molecular flexibility index (Phi) is 6.77. The molecule has 0 aromatic heterocycles. The van der Waals surface area contributed by atoms with Crippen molar-refractivity contribution >= 4 is 52.4 Å². The van der Waals surface area contributed by atoms with Crippen LogP contribution in [0.15, 0.2) is 42.5 Å². The molecule has 0 unspecified atom stereocenters. The number of anilines is 2. The lowest BCUT2D eigenvalue weighted by Crippen LogP contribution is -2.28. The standard InChI is InChI=1S/C21H20Cl2N2O4/c1-2-13-6-3-4-8-16(13)24-18(26)12-29-21(28)14-10-19(27)25(11-14)17-9-5-7-15(22)20(17)23/h3-9,14H,2,10-12H2,1H3,(H,24,26)/t14-/m0/s1. The van der Waals surface area contributed by atoms with Crippen LogP contribution in [0.2, 0.25) is 10.0 Å². The van der Waals surface area contributed by atoms with Crippen LogP contribution in [0.4, 0.5) is 11.4 Å². The molecule has 6 nitrogen and oxygen atoms in total. The molecule has 152 valence electrons. The first-order valence-corrected chi connectivity index (χ1v) is 9.95. The third-order valence-electron chi connectivity index (χ3n) is 4.70. The van der Waals surface area contributed by atoms with Crippen LogP contribution in [-0.4, -0.2) is 30.9 Å². The number of rotatable bonds is 6. The third kappa shape index (κ3) is 4.89. The topological polar surface area (TPSA) is 75.7 Å². The van der Waals surface area contributed by atoms with Crippen molar-refractivity contribution in [3.8, 4) is 0 Å². The molecule has 3 rings (SSSR count). The highest BCUT2D eigenvalue weighted by Gasteiger charge is 2.37. The maximum atomic E-state index is 12.4. The van der Waals surface area contributed by atoms with Crippen LogP contribution in [0.25, 0.3) is 0 Å². The Morgan fingerprint density at radius 1 is 1.17 bits per heavy atom. The quantitative estimate of drug-likeness (QED) is 0.694. The first kappa shape index (κ1) is 21.1. The summed E-state index contributed by atoms with van der Waals surface area (Å²) >= 11 is 12.2. The summed E-state index contributed by atoms with van der Waals surface area (Å²) in [7, 11) is 0. The number of benzene rings is 2. The second kappa shape index (κ2) is 9.29. The number of aryl methyl sites for hydroxylation is 1. The molecule has 1 atom stereocenters. The van der Waals surface area contributed by atoms with Crippen molar-refractivity contribution in [1.82, 2.24) is 0 Å². The molecule has 1 heterocycles. The number of esters is 1. The SMILES string of the molecule is CCc1ccccc1NC(=O)COC(=O)[C@H]1CC(=O)N(c2cccc(Cl)c2Cl)C1. The average molecular weight is 435 g/mol. The van der Waals surface area contributed by atoms with Gasteiger partial charge in [-0.15, -0.1) is 0 Å². The molecule has 2 amide bonds. The lowest BCUT2D eigenvalue weighted by Gasteiger charge is -2.18. The maximum Gasteiger partial charge on any atom is 0.311 e. The van der Waals surface area contributed by atoms with Crippen LogP contribution in [0.5, 0.6) is 0 Å². The first-order chi connectivity index (χ1) is 13.9. The zero-order valence-electron chi connectivity index (χ0n) is 15.8. The Hall–Kier alpha value is -2.57. The number of nitrogens with one attached hydrogen (secondary N) is 1. The van der Waals surface area contributed by atoms with Gasteiger partial charge in [0, 0.05) is 18.7 Å². The zero-order chi connectivity index (χ0) is 21.0. The van der Waals surface area contributed by atoms with Gasteiger partial charge in [-0.3, -0.25) is 14.4 Å². The normalized spacial score (nSPS) is 16.0. The molecule has 2 aromatic carbocycles. The van der Waals surface area contributed by atoms with Crippen LogP contribution < -0.4 is 10.2 Å². The first-order valence-electron chi connectivity index (χ1n) is 9.19. The van der Waals surface area contributed by atoms with E-state index in [1.54, 1.807) is 24.3 Å². The van der Waals surface area contributed by atoms with Crippen molar-refractivity contribution in [2.24, 2.45) is 5.92 Å². The highest BCUT2D eigenvalue weighted by atomic mass is 35.5. The van der Waals surface area contributed by atoms with Crippen LogP contribution in [-0.2, 0) is 25.5 Å². The molecule has 0 spiro atoms. The molecule has 0 aliphatic carbocycles. The average Bonchev–Trinajstić information content (AvgIpc) is 3.10. The summed E-state index contributed by atoms with van der Waals surface area (Å²) in [4.78, 5) is 38.2. The van der Waals surface area contributed by atoms with E-state index in [0.29, 0.717) is 16.4 Å². The predicted octanol–water partition coefficient (Wildman–Crippen LogP) is 4.09. The number of amides is 2. The van der Waals surface area contributed by atoms with Crippen LogP contribution in [0.1, 0.15) is 18.9 Å². The van der Waals surface area contributed by atoms with E-state index in [-0.39, 0.29) is 23.9 Å². The van der Waals surface area contributed by atoms with Crippen molar-refractivity contribution in [2.75, 3.05) is 23.4 Å². The smallest absolute Gasteiger partial charge is 0.311 e. The second-order valence-corrected chi connectivity index (χ2v) is 7.43. The largest absolute Gasteiger partial charge is 0.455 e. The van der Waals surface area contributed by atoms with E-state index in [2.05, 4.69) is 5.32 Å². The minimum atomic E-state index is -0.673.